The predicted octanol–water partition coefficient (Wildman–Crippen LogP) is 1.65. The molecule has 0 atom stereocenters. The van der Waals surface area contributed by atoms with E-state index in [9.17, 15) is 0 Å². The van der Waals surface area contributed by atoms with Crippen molar-refractivity contribution in [1.29, 1.82) is 0 Å². The van der Waals surface area contributed by atoms with E-state index in [1.807, 2.05) is 26.3 Å². The molecule has 0 unspecified atom stereocenters. The molecule has 0 saturated heterocycles. The van der Waals surface area contributed by atoms with Crippen LogP contribution in [0.15, 0.2) is 5.38 Å². The molecule has 0 spiro atoms. The molecule has 0 fully saturated rings. The van der Waals surface area contributed by atoms with Crippen LogP contribution in [-0.2, 0) is 6.54 Å². The molecule has 0 bridgehead atoms. The molecule has 0 radical (unpaired) electrons. The van der Waals surface area contributed by atoms with Gasteiger partial charge in [-0.1, -0.05) is 0 Å². The second kappa shape index (κ2) is 4.42. The Morgan fingerprint density at radius 2 is 2.42 bits per heavy atom. The second-order valence-electron chi connectivity index (χ2n) is 2.84. The van der Waals surface area contributed by atoms with Crippen molar-refractivity contribution in [3.05, 3.63) is 10.9 Å². The van der Waals surface area contributed by atoms with E-state index in [4.69, 9.17) is 4.74 Å². The third-order valence-electron chi connectivity index (χ3n) is 1.32. The highest BCUT2D eigenvalue weighted by atomic mass is 32.1. The first-order valence-electron chi connectivity index (χ1n) is 3.98. The summed E-state index contributed by atoms with van der Waals surface area (Å²) in [6.45, 7) is 4.82. The van der Waals surface area contributed by atoms with Crippen molar-refractivity contribution in [2.45, 2.75) is 26.5 Å². The quantitative estimate of drug-likeness (QED) is 0.776. The van der Waals surface area contributed by atoms with Gasteiger partial charge in [0.15, 0.2) is 0 Å². The van der Waals surface area contributed by atoms with Crippen molar-refractivity contribution in [2.24, 2.45) is 0 Å². The molecule has 0 aliphatic heterocycles. The van der Waals surface area contributed by atoms with Gasteiger partial charge >= 0.3 is 0 Å². The highest BCUT2D eigenvalue weighted by Crippen LogP contribution is 2.19. The van der Waals surface area contributed by atoms with Crippen LogP contribution < -0.4 is 10.1 Å². The van der Waals surface area contributed by atoms with Gasteiger partial charge < -0.3 is 10.1 Å². The number of aromatic nitrogens is 1. The van der Waals surface area contributed by atoms with Gasteiger partial charge in [0.05, 0.1) is 6.10 Å². The Kier molecular flexibility index (Phi) is 3.49. The van der Waals surface area contributed by atoms with E-state index < -0.39 is 0 Å². The van der Waals surface area contributed by atoms with Crippen molar-refractivity contribution in [3.63, 3.8) is 0 Å². The zero-order valence-electron chi connectivity index (χ0n) is 7.63. The Labute approximate surface area is 76.9 Å². The minimum atomic E-state index is 0.197. The fourth-order valence-corrected chi connectivity index (χ4v) is 1.50. The Morgan fingerprint density at radius 3 is 3.00 bits per heavy atom. The molecule has 4 heteroatoms. The van der Waals surface area contributed by atoms with E-state index in [2.05, 4.69) is 9.69 Å². The first-order chi connectivity index (χ1) is 5.74. The van der Waals surface area contributed by atoms with Gasteiger partial charge in [-0.05, 0) is 32.4 Å². The van der Waals surface area contributed by atoms with E-state index in [1.54, 1.807) is 0 Å². The summed E-state index contributed by atoms with van der Waals surface area (Å²) in [5.74, 6) is 0.768. The molecule has 1 aromatic rings. The second-order valence-corrected chi connectivity index (χ2v) is 3.47. The normalized spacial score (nSPS) is 10.7. The number of ether oxygens (including phenoxy) is 1. The van der Waals surface area contributed by atoms with Crippen molar-refractivity contribution >= 4 is 11.5 Å². The highest BCUT2D eigenvalue weighted by molar-refractivity contribution is 7.03. The molecule has 1 aromatic heterocycles. The lowest BCUT2D eigenvalue weighted by Gasteiger charge is -2.07. The van der Waals surface area contributed by atoms with Gasteiger partial charge in [-0.15, -0.1) is 0 Å². The molecule has 1 heterocycles. The van der Waals surface area contributed by atoms with E-state index >= 15 is 0 Å². The summed E-state index contributed by atoms with van der Waals surface area (Å²) in [7, 11) is 1.91. The number of nitrogens with one attached hydrogen (secondary N) is 1. The summed E-state index contributed by atoms with van der Waals surface area (Å²) < 4.78 is 9.65. The standard InChI is InChI=1S/C8H14N2OS/c1-6(2)11-8-7(4-9-3)5-12-10-8/h5-6,9H,4H2,1-3H3. The Morgan fingerprint density at radius 1 is 1.67 bits per heavy atom. The third kappa shape index (κ3) is 2.46. The van der Waals surface area contributed by atoms with Gasteiger partial charge in [-0.3, -0.25) is 0 Å². The monoisotopic (exact) mass is 186 g/mol. The van der Waals surface area contributed by atoms with Crippen LogP contribution in [0.4, 0.5) is 0 Å². The molecule has 1 N–H and O–H groups in total. The van der Waals surface area contributed by atoms with E-state index in [1.165, 1.54) is 11.5 Å². The SMILES string of the molecule is CNCc1csnc1OC(C)C. The molecule has 1 rings (SSSR count). The van der Waals surface area contributed by atoms with Gasteiger partial charge in [0.2, 0.25) is 5.88 Å². The number of hydrogen-bond donors (Lipinski definition) is 1. The lowest BCUT2D eigenvalue weighted by molar-refractivity contribution is 0.232. The largest absolute Gasteiger partial charge is 0.474 e. The van der Waals surface area contributed by atoms with E-state index in [0.717, 1.165) is 18.0 Å². The maximum atomic E-state index is 5.50. The minimum Gasteiger partial charge on any atom is -0.474 e. The zero-order chi connectivity index (χ0) is 8.97. The first kappa shape index (κ1) is 9.48. The Bertz CT molecular complexity index is 235. The number of rotatable bonds is 4. The van der Waals surface area contributed by atoms with Crippen LogP contribution in [0.5, 0.6) is 5.88 Å². The summed E-state index contributed by atoms with van der Waals surface area (Å²) in [5.41, 5.74) is 1.14. The molecule has 0 aliphatic rings. The summed E-state index contributed by atoms with van der Waals surface area (Å²) in [5, 5.41) is 5.08. The van der Waals surface area contributed by atoms with Crippen LogP contribution in [0, 0.1) is 0 Å². The summed E-state index contributed by atoms with van der Waals surface area (Å²) in [4.78, 5) is 0. The van der Waals surface area contributed by atoms with Crippen LogP contribution in [-0.4, -0.2) is 17.5 Å². The van der Waals surface area contributed by atoms with Crippen LogP contribution in [0.3, 0.4) is 0 Å². The average molecular weight is 186 g/mol. The highest BCUT2D eigenvalue weighted by Gasteiger charge is 2.07. The average Bonchev–Trinajstić information content (AvgIpc) is 2.37. The van der Waals surface area contributed by atoms with Crippen molar-refractivity contribution in [2.75, 3.05) is 7.05 Å². The van der Waals surface area contributed by atoms with Crippen LogP contribution in [0.2, 0.25) is 0 Å². The topological polar surface area (TPSA) is 34.2 Å². The van der Waals surface area contributed by atoms with Gasteiger partial charge in [0, 0.05) is 17.5 Å². The molecular formula is C8H14N2OS. The maximum absolute atomic E-state index is 5.50. The number of nitrogens with zero attached hydrogens (tertiary/aromatic N) is 1. The van der Waals surface area contributed by atoms with Crippen molar-refractivity contribution < 1.29 is 4.74 Å². The Hall–Kier alpha value is -0.610. The number of hydrogen-bond acceptors (Lipinski definition) is 4. The van der Waals surface area contributed by atoms with Gasteiger partial charge in [0.1, 0.15) is 0 Å². The minimum absolute atomic E-state index is 0.197. The lowest BCUT2D eigenvalue weighted by Crippen LogP contribution is -2.10. The van der Waals surface area contributed by atoms with Crippen LogP contribution >= 0.6 is 11.5 Å². The molecule has 3 nitrogen and oxygen atoms in total. The van der Waals surface area contributed by atoms with E-state index in [0.29, 0.717) is 0 Å². The first-order valence-corrected chi connectivity index (χ1v) is 4.82. The molecule has 68 valence electrons. The molecule has 12 heavy (non-hydrogen) atoms. The fraction of sp³-hybridized carbons (Fsp3) is 0.625. The summed E-state index contributed by atoms with van der Waals surface area (Å²) in [6, 6.07) is 0. The zero-order valence-corrected chi connectivity index (χ0v) is 8.44. The van der Waals surface area contributed by atoms with Gasteiger partial charge in [0.25, 0.3) is 0 Å². The van der Waals surface area contributed by atoms with Crippen LogP contribution in [0.1, 0.15) is 19.4 Å². The van der Waals surface area contributed by atoms with Gasteiger partial charge in [-0.25, -0.2) is 0 Å². The molecule has 0 aliphatic carbocycles. The predicted molar refractivity (Wildman–Crippen MR) is 50.6 cm³/mol. The smallest absolute Gasteiger partial charge is 0.229 e. The molecular weight excluding hydrogens is 172 g/mol. The molecule has 0 saturated carbocycles. The maximum Gasteiger partial charge on any atom is 0.229 e. The van der Waals surface area contributed by atoms with Crippen molar-refractivity contribution in [3.8, 4) is 5.88 Å². The summed E-state index contributed by atoms with van der Waals surface area (Å²) >= 11 is 1.43. The molecule has 0 amide bonds. The van der Waals surface area contributed by atoms with E-state index in [-0.39, 0.29) is 6.10 Å². The van der Waals surface area contributed by atoms with Gasteiger partial charge in [-0.2, -0.15) is 4.37 Å². The third-order valence-corrected chi connectivity index (χ3v) is 1.98. The lowest BCUT2D eigenvalue weighted by atomic mass is 10.3. The van der Waals surface area contributed by atoms with Crippen molar-refractivity contribution in [1.82, 2.24) is 9.69 Å². The molecule has 0 aromatic carbocycles. The Balaban J connectivity index is 2.63. The van der Waals surface area contributed by atoms with Crippen LogP contribution in [0.25, 0.3) is 0 Å². The fourth-order valence-electron chi connectivity index (χ4n) is 0.875. The summed E-state index contributed by atoms with van der Waals surface area (Å²) in [6.07, 6.45) is 0.197.